The van der Waals surface area contributed by atoms with Gasteiger partial charge in [0.25, 0.3) is 0 Å². The summed E-state index contributed by atoms with van der Waals surface area (Å²) in [6, 6.07) is 9.58. The van der Waals surface area contributed by atoms with E-state index in [1.54, 1.807) is 0 Å². The Balaban J connectivity index is 1.80. The van der Waals surface area contributed by atoms with Gasteiger partial charge in [0, 0.05) is 42.7 Å². The van der Waals surface area contributed by atoms with Crippen LogP contribution in [0.4, 0.5) is 0 Å². The van der Waals surface area contributed by atoms with Crippen molar-refractivity contribution in [3.8, 4) is 0 Å². The molecule has 1 saturated heterocycles. The van der Waals surface area contributed by atoms with E-state index in [9.17, 15) is 0 Å². The van der Waals surface area contributed by atoms with Crippen molar-refractivity contribution < 1.29 is 4.42 Å². The van der Waals surface area contributed by atoms with Crippen LogP contribution in [0, 0.1) is 0 Å². The highest BCUT2D eigenvalue weighted by molar-refractivity contribution is 5.80. The minimum absolute atomic E-state index is 0.621. The molecule has 1 aromatic heterocycles. The zero-order valence-electron chi connectivity index (χ0n) is 12.4. The van der Waals surface area contributed by atoms with Crippen LogP contribution in [-0.2, 0) is 6.54 Å². The Morgan fingerprint density at radius 3 is 2.90 bits per heavy atom. The monoisotopic (exact) mass is 272 g/mol. The topological polar surface area (TPSA) is 28.4 Å². The number of para-hydroxylation sites is 1. The van der Waals surface area contributed by atoms with Crippen LogP contribution < -0.4 is 5.32 Å². The van der Waals surface area contributed by atoms with Crippen LogP contribution in [-0.4, -0.2) is 30.1 Å². The molecule has 1 aliphatic heterocycles. The molecule has 3 rings (SSSR count). The maximum atomic E-state index is 5.67. The van der Waals surface area contributed by atoms with Gasteiger partial charge >= 0.3 is 0 Å². The van der Waals surface area contributed by atoms with E-state index in [1.807, 2.05) is 18.4 Å². The standard InChI is InChI=1S/C17H24N2O/c1-3-14-11-19(15(4-2)9-18-14)10-13-12-20-17-8-6-5-7-16(13)17/h5-8,12,14-15,18H,3-4,9-11H2,1-2H3. The maximum absolute atomic E-state index is 5.67. The molecular weight excluding hydrogens is 248 g/mol. The van der Waals surface area contributed by atoms with Gasteiger partial charge in [0.05, 0.1) is 6.26 Å². The fraction of sp³-hybridized carbons (Fsp3) is 0.529. The van der Waals surface area contributed by atoms with Gasteiger partial charge in [0.15, 0.2) is 0 Å². The van der Waals surface area contributed by atoms with Crippen LogP contribution in [0.15, 0.2) is 34.9 Å². The van der Waals surface area contributed by atoms with Crippen LogP contribution in [0.3, 0.4) is 0 Å². The molecule has 1 N–H and O–H groups in total. The second kappa shape index (κ2) is 5.98. The Bertz CT molecular complexity index is 563. The third kappa shape index (κ3) is 2.60. The Hall–Kier alpha value is -1.32. The predicted molar refractivity (Wildman–Crippen MR) is 82.8 cm³/mol. The lowest BCUT2D eigenvalue weighted by molar-refractivity contribution is 0.117. The molecule has 0 saturated carbocycles. The third-order valence-corrected chi connectivity index (χ3v) is 4.51. The van der Waals surface area contributed by atoms with Gasteiger partial charge in [-0.15, -0.1) is 0 Å². The van der Waals surface area contributed by atoms with Crippen molar-refractivity contribution in [2.75, 3.05) is 13.1 Å². The minimum Gasteiger partial charge on any atom is -0.464 e. The zero-order valence-corrected chi connectivity index (χ0v) is 12.4. The average molecular weight is 272 g/mol. The molecule has 2 atom stereocenters. The lowest BCUT2D eigenvalue weighted by Crippen LogP contribution is -2.55. The van der Waals surface area contributed by atoms with E-state index in [4.69, 9.17) is 4.42 Å². The number of piperazine rings is 1. The molecule has 0 bridgehead atoms. The molecule has 1 aliphatic rings. The van der Waals surface area contributed by atoms with E-state index in [0.29, 0.717) is 12.1 Å². The number of fused-ring (bicyclic) bond motifs is 1. The molecule has 1 fully saturated rings. The lowest BCUT2D eigenvalue weighted by atomic mass is 10.0. The van der Waals surface area contributed by atoms with E-state index in [2.05, 4.69) is 36.2 Å². The summed E-state index contributed by atoms with van der Waals surface area (Å²) in [5.41, 5.74) is 2.31. The van der Waals surface area contributed by atoms with Gasteiger partial charge in [-0.1, -0.05) is 32.0 Å². The average Bonchev–Trinajstić information content (AvgIpc) is 2.90. The minimum atomic E-state index is 0.621. The molecule has 1 aromatic carbocycles. The molecule has 2 heterocycles. The van der Waals surface area contributed by atoms with Crippen molar-refractivity contribution in [3.05, 3.63) is 36.1 Å². The molecule has 2 aromatic rings. The van der Waals surface area contributed by atoms with Crippen LogP contribution >= 0.6 is 0 Å². The van der Waals surface area contributed by atoms with Crippen LogP contribution in [0.1, 0.15) is 32.3 Å². The molecular formula is C17H24N2O. The van der Waals surface area contributed by atoms with Gasteiger partial charge in [0.2, 0.25) is 0 Å². The smallest absolute Gasteiger partial charge is 0.134 e. The number of nitrogens with one attached hydrogen (secondary N) is 1. The van der Waals surface area contributed by atoms with Gasteiger partial charge in [-0.05, 0) is 18.9 Å². The summed E-state index contributed by atoms with van der Waals surface area (Å²) in [5.74, 6) is 0. The summed E-state index contributed by atoms with van der Waals surface area (Å²) in [6.07, 6.45) is 4.32. The molecule has 0 radical (unpaired) electrons. The Morgan fingerprint density at radius 1 is 1.25 bits per heavy atom. The SMILES string of the molecule is CCC1CN(Cc2coc3ccccc23)C(CC)CN1. The van der Waals surface area contributed by atoms with Gasteiger partial charge < -0.3 is 9.73 Å². The summed E-state index contributed by atoms with van der Waals surface area (Å²) in [4.78, 5) is 2.61. The van der Waals surface area contributed by atoms with E-state index >= 15 is 0 Å². The fourth-order valence-corrected chi connectivity index (χ4v) is 3.17. The third-order valence-electron chi connectivity index (χ3n) is 4.51. The Kier molecular flexibility index (Phi) is 4.08. The number of hydrogen-bond donors (Lipinski definition) is 1. The first-order valence-electron chi connectivity index (χ1n) is 7.74. The highest BCUT2D eigenvalue weighted by Crippen LogP contribution is 2.24. The number of benzene rings is 1. The molecule has 0 amide bonds. The van der Waals surface area contributed by atoms with E-state index in [-0.39, 0.29) is 0 Å². The number of rotatable bonds is 4. The van der Waals surface area contributed by atoms with Crippen LogP contribution in [0.5, 0.6) is 0 Å². The molecule has 0 aliphatic carbocycles. The molecule has 2 unspecified atom stereocenters. The number of nitrogens with zero attached hydrogens (tertiary/aromatic N) is 1. The molecule has 3 nitrogen and oxygen atoms in total. The van der Waals surface area contributed by atoms with Crippen molar-refractivity contribution in [2.24, 2.45) is 0 Å². The second-order valence-electron chi connectivity index (χ2n) is 5.76. The van der Waals surface area contributed by atoms with Crippen LogP contribution in [0.25, 0.3) is 11.0 Å². The fourth-order valence-electron chi connectivity index (χ4n) is 3.17. The molecule has 108 valence electrons. The van der Waals surface area contributed by atoms with Crippen molar-refractivity contribution in [1.29, 1.82) is 0 Å². The summed E-state index contributed by atoms with van der Waals surface area (Å²) in [6.45, 7) is 7.77. The van der Waals surface area contributed by atoms with Crippen LogP contribution in [0.2, 0.25) is 0 Å². The first-order valence-corrected chi connectivity index (χ1v) is 7.74. The largest absolute Gasteiger partial charge is 0.464 e. The van der Waals surface area contributed by atoms with E-state index in [1.165, 1.54) is 23.8 Å². The first-order chi connectivity index (χ1) is 9.81. The van der Waals surface area contributed by atoms with Crippen molar-refractivity contribution in [1.82, 2.24) is 10.2 Å². The lowest BCUT2D eigenvalue weighted by Gasteiger charge is -2.39. The summed E-state index contributed by atoms with van der Waals surface area (Å²) in [7, 11) is 0. The van der Waals surface area contributed by atoms with Crippen molar-refractivity contribution in [2.45, 2.75) is 45.3 Å². The van der Waals surface area contributed by atoms with Gasteiger partial charge in [-0.3, -0.25) is 4.90 Å². The van der Waals surface area contributed by atoms with Gasteiger partial charge in [-0.25, -0.2) is 0 Å². The highest BCUT2D eigenvalue weighted by atomic mass is 16.3. The van der Waals surface area contributed by atoms with Crippen molar-refractivity contribution in [3.63, 3.8) is 0 Å². The summed E-state index contributed by atoms with van der Waals surface area (Å²) >= 11 is 0. The van der Waals surface area contributed by atoms with Gasteiger partial charge in [-0.2, -0.15) is 0 Å². The molecule has 3 heteroatoms. The van der Waals surface area contributed by atoms with Crippen molar-refractivity contribution >= 4 is 11.0 Å². The molecule has 20 heavy (non-hydrogen) atoms. The zero-order chi connectivity index (χ0) is 13.9. The van der Waals surface area contributed by atoms with E-state index in [0.717, 1.165) is 25.2 Å². The quantitative estimate of drug-likeness (QED) is 0.924. The highest BCUT2D eigenvalue weighted by Gasteiger charge is 2.26. The number of hydrogen-bond acceptors (Lipinski definition) is 3. The second-order valence-corrected chi connectivity index (χ2v) is 5.76. The summed E-state index contributed by atoms with van der Waals surface area (Å²) < 4.78 is 5.67. The summed E-state index contributed by atoms with van der Waals surface area (Å²) in [5, 5.41) is 4.91. The number of furan rings is 1. The van der Waals surface area contributed by atoms with E-state index < -0.39 is 0 Å². The maximum Gasteiger partial charge on any atom is 0.134 e. The Labute approximate surface area is 120 Å². The molecule has 0 spiro atoms. The predicted octanol–water partition coefficient (Wildman–Crippen LogP) is 3.40. The normalized spacial score (nSPS) is 24.3. The van der Waals surface area contributed by atoms with Gasteiger partial charge in [0.1, 0.15) is 5.58 Å². The Morgan fingerprint density at radius 2 is 2.10 bits per heavy atom. The first kappa shape index (κ1) is 13.7.